The maximum absolute atomic E-state index is 12.7. The zero-order valence-electron chi connectivity index (χ0n) is 10.4. The van der Waals surface area contributed by atoms with Crippen molar-refractivity contribution in [3.05, 3.63) is 11.9 Å². The van der Waals surface area contributed by atoms with Crippen molar-refractivity contribution in [3.63, 3.8) is 0 Å². The fraction of sp³-hybridized carbons (Fsp3) is 0.600. The fourth-order valence-corrected chi connectivity index (χ4v) is 1.89. The minimum atomic E-state index is -4.68. The van der Waals surface area contributed by atoms with E-state index >= 15 is 0 Å². The summed E-state index contributed by atoms with van der Waals surface area (Å²) in [5, 5.41) is 9.25. The smallest absolute Gasteiger partial charge is 0.394 e. The first-order valence-corrected chi connectivity index (χ1v) is 5.84. The summed E-state index contributed by atoms with van der Waals surface area (Å²) in [5.41, 5.74) is 2.08. The van der Waals surface area contributed by atoms with Gasteiger partial charge in [0, 0.05) is 12.6 Å². The van der Waals surface area contributed by atoms with Crippen molar-refractivity contribution in [1.29, 1.82) is 0 Å². The second-order valence-electron chi connectivity index (χ2n) is 4.18. The maximum atomic E-state index is 12.7. The van der Waals surface area contributed by atoms with Crippen LogP contribution in [0.25, 0.3) is 0 Å². The van der Waals surface area contributed by atoms with Crippen molar-refractivity contribution in [2.24, 2.45) is 5.84 Å². The largest absolute Gasteiger partial charge is 0.451 e. The number of hydrogen-bond donors (Lipinski definition) is 3. The minimum absolute atomic E-state index is 0.0441. The number of aliphatic hydroxyl groups excluding tert-OH is 1. The highest BCUT2D eigenvalue weighted by Crippen LogP contribution is 2.29. The molecule has 2 heterocycles. The number of nitrogens with zero attached hydrogens (tertiary/aromatic N) is 3. The predicted molar refractivity (Wildman–Crippen MR) is 63.9 cm³/mol. The van der Waals surface area contributed by atoms with Crippen LogP contribution in [0.15, 0.2) is 6.07 Å². The Kier molecular flexibility index (Phi) is 4.26. The highest BCUT2D eigenvalue weighted by Gasteiger charge is 2.36. The van der Waals surface area contributed by atoms with Gasteiger partial charge in [-0.1, -0.05) is 0 Å². The van der Waals surface area contributed by atoms with Gasteiger partial charge in [0.1, 0.15) is 11.6 Å². The molecule has 1 fully saturated rings. The quantitative estimate of drug-likeness (QED) is 0.532. The number of nitrogens with one attached hydrogen (secondary N) is 1. The van der Waals surface area contributed by atoms with Crippen molar-refractivity contribution in [3.8, 4) is 0 Å². The number of hydrazine groups is 1. The number of nitrogens with two attached hydrogens (primary N) is 1. The Labute approximate surface area is 112 Å². The van der Waals surface area contributed by atoms with E-state index in [1.165, 1.54) is 6.07 Å². The zero-order chi connectivity index (χ0) is 14.8. The Balaban J connectivity index is 2.39. The molecule has 7 nitrogen and oxygen atoms in total. The summed E-state index contributed by atoms with van der Waals surface area (Å²) < 4.78 is 43.4. The normalized spacial score (nSPS) is 20.1. The Morgan fingerprint density at radius 1 is 1.50 bits per heavy atom. The Morgan fingerprint density at radius 2 is 2.25 bits per heavy atom. The zero-order valence-corrected chi connectivity index (χ0v) is 10.4. The molecule has 112 valence electrons. The molecule has 0 aliphatic carbocycles. The van der Waals surface area contributed by atoms with Crippen LogP contribution < -0.4 is 16.2 Å². The molecule has 1 aromatic rings. The first-order chi connectivity index (χ1) is 9.45. The summed E-state index contributed by atoms with van der Waals surface area (Å²) in [7, 11) is 0. The van der Waals surface area contributed by atoms with E-state index < -0.39 is 18.0 Å². The van der Waals surface area contributed by atoms with Crippen LogP contribution in [0.3, 0.4) is 0 Å². The number of ether oxygens (including phenoxy) is 1. The molecule has 1 aromatic heterocycles. The monoisotopic (exact) mass is 293 g/mol. The number of aromatic nitrogens is 2. The van der Waals surface area contributed by atoms with E-state index in [9.17, 15) is 18.3 Å². The molecule has 1 aliphatic heterocycles. The van der Waals surface area contributed by atoms with Gasteiger partial charge in [0.25, 0.3) is 0 Å². The average Bonchev–Trinajstić information content (AvgIpc) is 2.45. The van der Waals surface area contributed by atoms with Gasteiger partial charge in [0.2, 0.25) is 5.82 Å². The third-order valence-corrected chi connectivity index (χ3v) is 2.85. The average molecular weight is 293 g/mol. The van der Waals surface area contributed by atoms with Crippen molar-refractivity contribution in [2.75, 3.05) is 36.7 Å². The van der Waals surface area contributed by atoms with Gasteiger partial charge in [-0.2, -0.15) is 13.2 Å². The summed E-state index contributed by atoms with van der Waals surface area (Å²) >= 11 is 0. The Morgan fingerprint density at radius 3 is 2.85 bits per heavy atom. The lowest BCUT2D eigenvalue weighted by Gasteiger charge is -2.35. The van der Waals surface area contributed by atoms with Gasteiger partial charge in [-0.15, -0.1) is 0 Å². The third-order valence-electron chi connectivity index (χ3n) is 2.85. The molecule has 0 aromatic carbocycles. The number of aliphatic hydroxyl groups is 1. The molecule has 1 unspecified atom stereocenters. The molecule has 1 saturated heterocycles. The summed E-state index contributed by atoms with van der Waals surface area (Å²) in [5.74, 6) is 3.74. The molecule has 20 heavy (non-hydrogen) atoms. The molecule has 0 spiro atoms. The van der Waals surface area contributed by atoms with E-state index in [0.717, 1.165) is 0 Å². The fourth-order valence-electron chi connectivity index (χ4n) is 1.89. The predicted octanol–water partition coefficient (Wildman–Crippen LogP) is -0.0215. The highest BCUT2D eigenvalue weighted by molar-refractivity contribution is 5.50. The molecule has 0 saturated carbocycles. The maximum Gasteiger partial charge on any atom is 0.451 e. The molecule has 0 radical (unpaired) electrons. The van der Waals surface area contributed by atoms with E-state index in [2.05, 4.69) is 15.4 Å². The molecule has 4 N–H and O–H groups in total. The molecule has 0 bridgehead atoms. The molecule has 1 atom stereocenters. The lowest BCUT2D eigenvalue weighted by molar-refractivity contribution is -0.144. The number of halogens is 3. The van der Waals surface area contributed by atoms with Gasteiger partial charge in [0.15, 0.2) is 0 Å². The van der Waals surface area contributed by atoms with E-state index in [1.54, 1.807) is 4.90 Å². The second kappa shape index (κ2) is 5.77. The first kappa shape index (κ1) is 14.8. The van der Waals surface area contributed by atoms with E-state index in [0.29, 0.717) is 13.2 Å². The van der Waals surface area contributed by atoms with Crippen LogP contribution in [0.4, 0.5) is 24.8 Å². The summed E-state index contributed by atoms with van der Waals surface area (Å²) in [6, 6.07) is 0.841. The summed E-state index contributed by atoms with van der Waals surface area (Å²) in [4.78, 5) is 8.32. The number of anilines is 2. The number of rotatable bonds is 3. The number of morpholine rings is 1. The Bertz CT molecular complexity index is 471. The molecule has 10 heteroatoms. The van der Waals surface area contributed by atoms with Gasteiger partial charge in [-0.25, -0.2) is 15.8 Å². The first-order valence-electron chi connectivity index (χ1n) is 5.84. The van der Waals surface area contributed by atoms with Crippen LogP contribution in [0, 0.1) is 0 Å². The Hall–Kier alpha value is -1.65. The van der Waals surface area contributed by atoms with Crippen molar-refractivity contribution in [1.82, 2.24) is 9.97 Å². The van der Waals surface area contributed by atoms with Crippen LogP contribution in [0.5, 0.6) is 0 Å². The van der Waals surface area contributed by atoms with E-state index in [1.807, 2.05) is 0 Å². The van der Waals surface area contributed by atoms with Gasteiger partial charge in [-0.3, -0.25) is 0 Å². The van der Waals surface area contributed by atoms with Crippen LogP contribution in [-0.2, 0) is 10.9 Å². The topological polar surface area (TPSA) is 96.5 Å². The van der Waals surface area contributed by atoms with Gasteiger partial charge in [0.05, 0.1) is 25.9 Å². The third kappa shape index (κ3) is 3.08. The van der Waals surface area contributed by atoms with Crippen LogP contribution in [0.1, 0.15) is 5.82 Å². The van der Waals surface area contributed by atoms with Gasteiger partial charge >= 0.3 is 6.18 Å². The van der Waals surface area contributed by atoms with Crippen LogP contribution in [0.2, 0.25) is 0 Å². The molecule has 0 amide bonds. The van der Waals surface area contributed by atoms with Gasteiger partial charge in [-0.05, 0) is 0 Å². The lowest BCUT2D eigenvalue weighted by atomic mass is 10.2. The molecular weight excluding hydrogens is 279 g/mol. The molecular formula is C10H14F3N5O2. The SMILES string of the molecule is NNc1cc(N2CCOCC2CO)nc(C(F)(F)F)n1. The lowest BCUT2D eigenvalue weighted by Crippen LogP contribution is -2.48. The van der Waals surface area contributed by atoms with Crippen LogP contribution in [-0.4, -0.2) is 47.5 Å². The second-order valence-corrected chi connectivity index (χ2v) is 4.18. The standard InChI is InChI=1S/C10H14F3N5O2/c11-10(12,13)9-15-7(17-14)3-8(16-9)18-1-2-20-5-6(18)4-19/h3,6,19H,1-2,4-5,14H2,(H,15,16,17). The van der Waals surface area contributed by atoms with Crippen molar-refractivity contribution >= 4 is 11.6 Å². The minimum Gasteiger partial charge on any atom is -0.394 e. The highest BCUT2D eigenvalue weighted by atomic mass is 19.4. The molecule has 2 rings (SSSR count). The number of hydrogen-bond acceptors (Lipinski definition) is 7. The summed E-state index contributed by atoms with van der Waals surface area (Å²) in [6.07, 6.45) is -4.68. The molecule has 1 aliphatic rings. The summed E-state index contributed by atoms with van der Waals surface area (Å²) in [6.45, 7) is 0.626. The van der Waals surface area contributed by atoms with Gasteiger partial charge < -0.3 is 20.2 Å². The number of nitrogen functional groups attached to an aromatic ring is 1. The van der Waals surface area contributed by atoms with Crippen molar-refractivity contribution < 1.29 is 23.0 Å². The number of alkyl halides is 3. The van der Waals surface area contributed by atoms with E-state index in [4.69, 9.17) is 10.6 Å². The van der Waals surface area contributed by atoms with Crippen molar-refractivity contribution in [2.45, 2.75) is 12.2 Å². The van der Waals surface area contributed by atoms with E-state index in [-0.39, 0.29) is 24.8 Å². The van der Waals surface area contributed by atoms with Crippen LogP contribution >= 0.6 is 0 Å².